The first-order chi connectivity index (χ1) is 6.80. The van der Waals surface area contributed by atoms with Gasteiger partial charge in [0.2, 0.25) is 0 Å². The number of nitrogens with zero attached hydrogens (tertiary/aromatic N) is 1. The summed E-state index contributed by atoms with van der Waals surface area (Å²) >= 11 is 1.98. The van der Waals surface area contributed by atoms with Gasteiger partial charge in [0, 0.05) is 12.1 Å². The van der Waals surface area contributed by atoms with Gasteiger partial charge < -0.3 is 8.17 Å². The minimum absolute atomic E-state index is 0.171. The van der Waals surface area contributed by atoms with E-state index in [1.54, 1.807) is 0 Å². The van der Waals surface area contributed by atoms with Crippen LogP contribution in [0.15, 0.2) is 11.6 Å². The van der Waals surface area contributed by atoms with Gasteiger partial charge in [-0.25, -0.2) is 0 Å². The van der Waals surface area contributed by atoms with Crippen LogP contribution in [0.1, 0.15) is 19.3 Å². The molecular formula is C10H16INO2. The minimum Gasteiger partial charge on any atom is -0.392 e. The Hall–Kier alpha value is 0.350. The highest BCUT2D eigenvalue weighted by molar-refractivity contribution is 14.1. The molecule has 0 radical (unpaired) electrons. The maximum atomic E-state index is 8.88. The Labute approximate surface area is 98.8 Å². The highest BCUT2D eigenvalue weighted by Gasteiger charge is 2.46. The van der Waals surface area contributed by atoms with Gasteiger partial charge in [0.15, 0.2) is 0 Å². The average molecular weight is 309 g/mol. The van der Waals surface area contributed by atoms with E-state index in [1.165, 1.54) is 25.0 Å². The van der Waals surface area contributed by atoms with E-state index in [9.17, 15) is 0 Å². The summed E-state index contributed by atoms with van der Waals surface area (Å²) < 4.78 is 5.30. The van der Waals surface area contributed by atoms with Gasteiger partial charge in [0.1, 0.15) is 23.0 Å². The molecule has 2 aliphatic heterocycles. The third-order valence-corrected chi connectivity index (χ3v) is 3.71. The van der Waals surface area contributed by atoms with Crippen molar-refractivity contribution in [2.45, 2.75) is 24.8 Å². The smallest absolute Gasteiger partial charge is 0.109 e. The van der Waals surface area contributed by atoms with E-state index in [4.69, 9.17) is 8.17 Å². The molecule has 0 aromatic heterocycles. The normalized spacial score (nSPS) is 35.4. The first kappa shape index (κ1) is 10.9. The molecular weight excluding hydrogens is 293 g/mol. The summed E-state index contributed by atoms with van der Waals surface area (Å²) in [7, 11) is 0. The van der Waals surface area contributed by atoms with Gasteiger partial charge >= 0.3 is 0 Å². The van der Waals surface area contributed by atoms with Gasteiger partial charge in [-0.05, 0) is 25.8 Å². The largest absolute Gasteiger partial charge is 0.392 e. The lowest BCUT2D eigenvalue weighted by atomic mass is 9.93. The van der Waals surface area contributed by atoms with Crippen molar-refractivity contribution in [3.63, 3.8) is 0 Å². The predicted molar refractivity (Wildman–Crippen MR) is 63.3 cm³/mol. The predicted octanol–water partition coefficient (Wildman–Crippen LogP) is 1.51. The van der Waals surface area contributed by atoms with Gasteiger partial charge in [-0.3, -0.25) is 4.90 Å². The molecule has 2 saturated heterocycles. The Kier molecular flexibility index (Phi) is 3.46. The Balaban J connectivity index is 2.10. The van der Waals surface area contributed by atoms with Crippen LogP contribution in [0.5, 0.6) is 0 Å². The first-order valence-corrected chi connectivity index (χ1v) is 5.96. The maximum Gasteiger partial charge on any atom is 0.109 e. The van der Waals surface area contributed by atoms with Crippen LogP contribution in [0, 0.1) is 0 Å². The van der Waals surface area contributed by atoms with Crippen molar-refractivity contribution >= 4 is 23.0 Å². The number of aliphatic hydroxyl groups is 1. The fraction of sp³-hybridized carbons (Fsp3) is 0.800. The van der Waals surface area contributed by atoms with Crippen molar-refractivity contribution in [2.75, 3.05) is 26.3 Å². The van der Waals surface area contributed by atoms with Crippen LogP contribution in [0.2, 0.25) is 0 Å². The van der Waals surface area contributed by atoms with Crippen LogP contribution in [0.3, 0.4) is 0 Å². The standard InChI is InChI=1S/C10H16INO2/c11-14-8-10-3-1-4-12(10)7-9(6-10)2-5-13/h2,13H,1,3-8H2/b9-2-/t10-/m0/s1. The Bertz CT molecular complexity index is 244. The van der Waals surface area contributed by atoms with Gasteiger partial charge in [0.25, 0.3) is 0 Å². The first-order valence-electron chi connectivity index (χ1n) is 5.08. The zero-order valence-electron chi connectivity index (χ0n) is 8.21. The Morgan fingerprint density at radius 1 is 1.64 bits per heavy atom. The van der Waals surface area contributed by atoms with E-state index >= 15 is 0 Å². The van der Waals surface area contributed by atoms with Gasteiger partial charge in [-0.2, -0.15) is 0 Å². The topological polar surface area (TPSA) is 32.7 Å². The zero-order valence-corrected chi connectivity index (χ0v) is 10.4. The molecule has 4 heteroatoms. The zero-order chi connectivity index (χ0) is 10.0. The van der Waals surface area contributed by atoms with Gasteiger partial charge in [-0.1, -0.05) is 11.6 Å². The maximum absolute atomic E-state index is 8.88. The monoisotopic (exact) mass is 309 g/mol. The number of rotatable bonds is 3. The molecule has 0 aliphatic carbocycles. The number of fused-ring (bicyclic) bond motifs is 1. The molecule has 0 bridgehead atoms. The SMILES string of the molecule is OC/C=C1\CN2CCC[C@@]2(COI)C1. The summed E-state index contributed by atoms with van der Waals surface area (Å²) in [5, 5.41) is 8.88. The van der Waals surface area contributed by atoms with Crippen molar-refractivity contribution in [1.82, 2.24) is 4.90 Å². The third-order valence-electron chi connectivity index (χ3n) is 3.39. The molecule has 1 N–H and O–H groups in total. The minimum atomic E-state index is 0.171. The highest BCUT2D eigenvalue weighted by Crippen LogP contribution is 2.41. The van der Waals surface area contributed by atoms with E-state index in [2.05, 4.69) is 4.90 Å². The van der Waals surface area contributed by atoms with Gasteiger partial charge in [0.05, 0.1) is 13.2 Å². The lowest BCUT2D eigenvalue weighted by Crippen LogP contribution is -2.41. The molecule has 0 amide bonds. The molecule has 0 aromatic rings. The van der Waals surface area contributed by atoms with Crippen LogP contribution in [0.25, 0.3) is 0 Å². The molecule has 1 atom stereocenters. The van der Waals surface area contributed by atoms with Crippen LogP contribution < -0.4 is 0 Å². The van der Waals surface area contributed by atoms with Crippen molar-refractivity contribution in [1.29, 1.82) is 0 Å². The molecule has 0 unspecified atom stereocenters. The molecule has 14 heavy (non-hydrogen) atoms. The van der Waals surface area contributed by atoms with E-state index in [1.807, 2.05) is 29.1 Å². The quantitative estimate of drug-likeness (QED) is 0.634. The van der Waals surface area contributed by atoms with Crippen molar-refractivity contribution in [3.8, 4) is 0 Å². The molecule has 80 valence electrons. The van der Waals surface area contributed by atoms with E-state index in [0.29, 0.717) is 0 Å². The van der Waals surface area contributed by atoms with Crippen molar-refractivity contribution in [2.24, 2.45) is 0 Å². The molecule has 2 aliphatic rings. The summed E-state index contributed by atoms with van der Waals surface area (Å²) in [6, 6.07) is 0. The van der Waals surface area contributed by atoms with E-state index < -0.39 is 0 Å². The molecule has 0 aromatic carbocycles. The summed E-state index contributed by atoms with van der Waals surface area (Å²) in [6.45, 7) is 3.20. The summed E-state index contributed by atoms with van der Waals surface area (Å²) in [5.74, 6) is 0. The number of hydrogen-bond donors (Lipinski definition) is 1. The highest BCUT2D eigenvalue weighted by atomic mass is 127. The van der Waals surface area contributed by atoms with Crippen LogP contribution in [-0.4, -0.2) is 41.8 Å². The van der Waals surface area contributed by atoms with Crippen LogP contribution in [-0.2, 0) is 3.07 Å². The summed E-state index contributed by atoms with van der Waals surface area (Å²) in [4.78, 5) is 2.51. The second-order valence-corrected chi connectivity index (χ2v) is 4.85. The third kappa shape index (κ3) is 1.85. The molecule has 0 saturated carbocycles. The fourth-order valence-electron chi connectivity index (χ4n) is 2.75. The molecule has 2 heterocycles. The van der Waals surface area contributed by atoms with Crippen LogP contribution in [0.4, 0.5) is 0 Å². The van der Waals surface area contributed by atoms with Crippen LogP contribution >= 0.6 is 23.0 Å². The number of halogens is 1. The Morgan fingerprint density at radius 3 is 3.21 bits per heavy atom. The second-order valence-electron chi connectivity index (χ2n) is 4.22. The lowest BCUT2D eigenvalue weighted by Gasteiger charge is -2.29. The molecule has 2 rings (SSSR count). The number of aliphatic hydroxyl groups excluding tert-OH is 1. The Morgan fingerprint density at radius 2 is 2.50 bits per heavy atom. The molecule has 2 fully saturated rings. The van der Waals surface area contributed by atoms with Crippen molar-refractivity contribution < 1.29 is 8.17 Å². The van der Waals surface area contributed by atoms with Crippen molar-refractivity contribution in [3.05, 3.63) is 11.6 Å². The van der Waals surface area contributed by atoms with E-state index in [-0.39, 0.29) is 12.1 Å². The second kappa shape index (κ2) is 4.47. The fourth-order valence-corrected chi connectivity index (χ4v) is 3.33. The summed E-state index contributed by atoms with van der Waals surface area (Å²) in [5.41, 5.74) is 1.63. The number of hydrogen-bond acceptors (Lipinski definition) is 3. The van der Waals surface area contributed by atoms with Gasteiger partial charge in [-0.15, -0.1) is 0 Å². The van der Waals surface area contributed by atoms with E-state index in [0.717, 1.165) is 19.6 Å². The molecule has 0 spiro atoms. The average Bonchev–Trinajstić information content (AvgIpc) is 2.61. The summed E-state index contributed by atoms with van der Waals surface area (Å²) in [6.07, 6.45) is 5.55. The lowest BCUT2D eigenvalue weighted by molar-refractivity contribution is 0.139. The molecule has 3 nitrogen and oxygen atoms in total.